The molecular formula is C11H17N3O2. The van der Waals surface area contributed by atoms with Crippen LogP contribution in [0, 0.1) is 0 Å². The Morgan fingerprint density at radius 1 is 1.44 bits per heavy atom. The Labute approximate surface area is 94.8 Å². The second-order valence-corrected chi connectivity index (χ2v) is 3.57. The Bertz CT molecular complexity index is 396. The van der Waals surface area contributed by atoms with Crippen LogP contribution in [0.15, 0.2) is 6.07 Å². The topological polar surface area (TPSA) is 64.0 Å². The van der Waals surface area contributed by atoms with Gasteiger partial charge in [-0.05, 0) is 26.3 Å². The van der Waals surface area contributed by atoms with Crippen LogP contribution < -0.4 is 5.32 Å². The van der Waals surface area contributed by atoms with Crippen molar-refractivity contribution < 1.29 is 9.59 Å². The predicted octanol–water partition coefficient (Wildman–Crippen LogP) is 0.784. The third-order valence-electron chi connectivity index (χ3n) is 2.22. The molecular weight excluding hydrogens is 206 g/mol. The number of nitrogens with one attached hydrogen (secondary N) is 1. The van der Waals surface area contributed by atoms with Crippen LogP contribution in [0.3, 0.4) is 0 Å². The smallest absolute Gasteiger partial charge is 0.269 e. The first-order chi connectivity index (χ1) is 7.58. The zero-order valence-corrected chi connectivity index (χ0v) is 9.91. The third-order valence-corrected chi connectivity index (χ3v) is 2.22. The fourth-order valence-corrected chi connectivity index (χ4v) is 1.36. The molecule has 1 aromatic heterocycles. The van der Waals surface area contributed by atoms with Crippen LogP contribution in [0.25, 0.3) is 0 Å². The summed E-state index contributed by atoms with van der Waals surface area (Å²) in [4.78, 5) is 22.5. The summed E-state index contributed by atoms with van der Waals surface area (Å²) < 4.78 is 1.65. The van der Waals surface area contributed by atoms with Gasteiger partial charge in [-0.3, -0.25) is 14.3 Å². The Morgan fingerprint density at radius 2 is 2.12 bits per heavy atom. The van der Waals surface area contributed by atoms with Gasteiger partial charge < -0.3 is 5.32 Å². The van der Waals surface area contributed by atoms with E-state index >= 15 is 0 Å². The van der Waals surface area contributed by atoms with Gasteiger partial charge >= 0.3 is 0 Å². The van der Waals surface area contributed by atoms with Crippen molar-refractivity contribution in [2.75, 3.05) is 6.54 Å². The maximum Gasteiger partial charge on any atom is 0.269 e. The Hall–Kier alpha value is -1.65. The Balaban J connectivity index is 2.80. The minimum Gasteiger partial charge on any atom is -0.344 e. The van der Waals surface area contributed by atoms with Gasteiger partial charge in [-0.25, -0.2) is 0 Å². The quantitative estimate of drug-likeness (QED) is 0.802. The summed E-state index contributed by atoms with van der Waals surface area (Å²) >= 11 is 0. The number of hydrogen-bond donors (Lipinski definition) is 1. The predicted molar refractivity (Wildman–Crippen MR) is 60.3 cm³/mol. The lowest BCUT2D eigenvalue weighted by atomic mass is 10.3. The molecule has 0 saturated carbocycles. The lowest BCUT2D eigenvalue weighted by Gasteiger charge is -2.04. The summed E-state index contributed by atoms with van der Waals surface area (Å²) in [6.07, 6.45) is 0.792. The summed E-state index contributed by atoms with van der Waals surface area (Å²) in [7, 11) is 0. The van der Waals surface area contributed by atoms with E-state index in [1.807, 2.05) is 13.8 Å². The highest BCUT2D eigenvalue weighted by molar-refractivity contribution is 5.95. The van der Waals surface area contributed by atoms with Crippen molar-refractivity contribution in [1.82, 2.24) is 15.1 Å². The van der Waals surface area contributed by atoms with Crippen molar-refractivity contribution in [1.29, 1.82) is 0 Å². The molecule has 0 spiro atoms. The van der Waals surface area contributed by atoms with E-state index in [2.05, 4.69) is 10.4 Å². The van der Waals surface area contributed by atoms with Gasteiger partial charge in [0.1, 0.15) is 11.5 Å². The van der Waals surface area contributed by atoms with Gasteiger partial charge in [0, 0.05) is 6.54 Å². The number of hydrogen-bond acceptors (Lipinski definition) is 3. The molecule has 1 aromatic rings. The van der Waals surface area contributed by atoms with Gasteiger partial charge in [0.25, 0.3) is 5.91 Å². The van der Waals surface area contributed by atoms with Crippen LogP contribution in [-0.4, -0.2) is 28.0 Å². The summed E-state index contributed by atoms with van der Waals surface area (Å²) in [6.45, 7) is 6.06. The van der Waals surface area contributed by atoms with E-state index in [9.17, 15) is 9.59 Å². The van der Waals surface area contributed by atoms with Crippen molar-refractivity contribution in [2.45, 2.75) is 33.7 Å². The van der Waals surface area contributed by atoms with Crippen LogP contribution >= 0.6 is 0 Å². The van der Waals surface area contributed by atoms with Crippen molar-refractivity contribution in [2.24, 2.45) is 0 Å². The van der Waals surface area contributed by atoms with Crippen molar-refractivity contribution in [3.05, 3.63) is 17.5 Å². The fourth-order valence-electron chi connectivity index (χ4n) is 1.36. The van der Waals surface area contributed by atoms with Crippen molar-refractivity contribution in [3.63, 3.8) is 0 Å². The van der Waals surface area contributed by atoms with Gasteiger partial charge in [-0.2, -0.15) is 5.10 Å². The summed E-state index contributed by atoms with van der Waals surface area (Å²) in [5.41, 5.74) is 1.40. The average Bonchev–Trinajstić information content (AvgIpc) is 2.68. The molecule has 0 aliphatic carbocycles. The number of aryl methyl sites for hydroxylation is 2. The average molecular weight is 223 g/mol. The molecule has 0 atom stereocenters. The summed E-state index contributed by atoms with van der Waals surface area (Å²) in [5, 5.41) is 6.83. The minimum absolute atomic E-state index is 0.0633. The largest absolute Gasteiger partial charge is 0.344 e. The first-order valence-electron chi connectivity index (χ1n) is 5.42. The maximum absolute atomic E-state index is 11.7. The number of Topliss-reactive ketones (excluding diaryl/α,β-unsaturated/α-hetero) is 1. The molecule has 1 amide bonds. The van der Waals surface area contributed by atoms with Gasteiger partial charge in [0.2, 0.25) is 0 Å². The van der Waals surface area contributed by atoms with Crippen LogP contribution in [-0.2, 0) is 17.8 Å². The van der Waals surface area contributed by atoms with Crippen LogP contribution in [0.5, 0.6) is 0 Å². The lowest BCUT2D eigenvalue weighted by molar-refractivity contribution is -0.116. The van der Waals surface area contributed by atoms with E-state index in [-0.39, 0.29) is 18.2 Å². The first kappa shape index (κ1) is 12.4. The summed E-state index contributed by atoms with van der Waals surface area (Å²) in [6, 6.07) is 1.76. The molecule has 0 aliphatic rings. The standard InChI is InChI=1S/C11H17N3O2/c1-4-9-6-10(14(5-2)13-9)11(16)12-7-8(3)15/h6H,4-5,7H2,1-3H3,(H,12,16). The molecule has 0 fully saturated rings. The molecule has 1 N–H and O–H groups in total. The molecule has 5 heteroatoms. The van der Waals surface area contributed by atoms with Crippen LogP contribution in [0.4, 0.5) is 0 Å². The first-order valence-corrected chi connectivity index (χ1v) is 5.42. The molecule has 0 unspecified atom stereocenters. The molecule has 0 radical (unpaired) electrons. The molecule has 0 aromatic carbocycles. The Kier molecular flexibility index (Phi) is 4.22. The number of aromatic nitrogens is 2. The van der Waals surface area contributed by atoms with E-state index in [0.717, 1.165) is 12.1 Å². The molecule has 0 bridgehead atoms. The maximum atomic E-state index is 11.7. The van der Waals surface area contributed by atoms with E-state index in [4.69, 9.17) is 0 Å². The van der Waals surface area contributed by atoms with Gasteiger partial charge in [0.15, 0.2) is 0 Å². The second kappa shape index (κ2) is 5.44. The number of carbonyl (C=O) groups is 2. The van der Waals surface area contributed by atoms with E-state index in [1.165, 1.54) is 6.92 Å². The number of rotatable bonds is 5. The zero-order chi connectivity index (χ0) is 12.1. The SMILES string of the molecule is CCc1cc(C(=O)NCC(C)=O)n(CC)n1. The molecule has 88 valence electrons. The molecule has 0 aliphatic heterocycles. The number of nitrogens with zero attached hydrogens (tertiary/aromatic N) is 2. The number of ketones is 1. The lowest BCUT2D eigenvalue weighted by Crippen LogP contribution is -2.30. The van der Waals surface area contributed by atoms with Crippen molar-refractivity contribution >= 4 is 11.7 Å². The van der Waals surface area contributed by atoms with Gasteiger partial charge in [0.05, 0.1) is 12.2 Å². The van der Waals surface area contributed by atoms with E-state index < -0.39 is 0 Å². The number of carbonyl (C=O) groups excluding carboxylic acids is 2. The highest BCUT2D eigenvalue weighted by Crippen LogP contribution is 2.05. The zero-order valence-electron chi connectivity index (χ0n) is 9.91. The Morgan fingerprint density at radius 3 is 2.62 bits per heavy atom. The molecule has 1 heterocycles. The highest BCUT2D eigenvalue weighted by atomic mass is 16.2. The van der Waals surface area contributed by atoms with Crippen LogP contribution in [0.2, 0.25) is 0 Å². The molecule has 0 saturated heterocycles. The second-order valence-electron chi connectivity index (χ2n) is 3.57. The molecule has 1 rings (SSSR count). The highest BCUT2D eigenvalue weighted by Gasteiger charge is 2.13. The monoisotopic (exact) mass is 223 g/mol. The van der Waals surface area contributed by atoms with Gasteiger partial charge in [-0.15, -0.1) is 0 Å². The third kappa shape index (κ3) is 2.92. The molecule has 5 nitrogen and oxygen atoms in total. The van der Waals surface area contributed by atoms with E-state index in [1.54, 1.807) is 10.7 Å². The fraction of sp³-hybridized carbons (Fsp3) is 0.545. The molecule has 16 heavy (non-hydrogen) atoms. The normalized spacial score (nSPS) is 10.2. The summed E-state index contributed by atoms with van der Waals surface area (Å²) in [5.74, 6) is -0.309. The van der Waals surface area contributed by atoms with Crippen LogP contribution in [0.1, 0.15) is 37.0 Å². The van der Waals surface area contributed by atoms with Crippen molar-refractivity contribution in [3.8, 4) is 0 Å². The van der Waals surface area contributed by atoms with Gasteiger partial charge in [-0.1, -0.05) is 6.92 Å². The minimum atomic E-state index is -0.246. The van der Waals surface area contributed by atoms with E-state index in [0.29, 0.717) is 12.2 Å². The number of amides is 1.